The van der Waals surface area contributed by atoms with E-state index in [-0.39, 0.29) is 23.4 Å². The number of anilines is 1. The summed E-state index contributed by atoms with van der Waals surface area (Å²) in [5, 5.41) is 6.86. The van der Waals surface area contributed by atoms with E-state index < -0.39 is 17.6 Å². The van der Waals surface area contributed by atoms with E-state index in [0.717, 1.165) is 31.1 Å². The summed E-state index contributed by atoms with van der Waals surface area (Å²) in [7, 11) is 3.96. The zero-order chi connectivity index (χ0) is 28.4. The normalized spacial score (nSPS) is 15.8. The maximum Gasteiger partial charge on any atom is 0.416 e. The Hall–Kier alpha value is -4.20. The van der Waals surface area contributed by atoms with Gasteiger partial charge in [0, 0.05) is 48.7 Å². The molecule has 4 aromatic rings. The molecule has 3 heterocycles. The SMILES string of the molecule is Cc1ccc(C(=O)Nc2ccc(CN3CCC(N(C)C)C3)c(C(F)(F)F)c2)cc1C#Cc1cnc2cccnn12. The minimum absolute atomic E-state index is 0.0821. The fraction of sp³-hybridized carbons (Fsp3) is 0.300. The quantitative estimate of drug-likeness (QED) is 0.363. The van der Waals surface area contributed by atoms with E-state index >= 15 is 0 Å². The van der Waals surface area contributed by atoms with Gasteiger partial charge < -0.3 is 10.2 Å². The Bertz CT molecular complexity index is 1620. The minimum Gasteiger partial charge on any atom is -0.322 e. The number of imidazole rings is 1. The van der Waals surface area contributed by atoms with Gasteiger partial charge in [-0.2, -0.15) is 18.3 Å². The van der Waals surface area contributed by atoms with Crippen molar-refractivity contribution in [2.75, 3.05) is 32.5 Å². The highest BCUT2D eigenvalue weighted by Crippen LogP contribution is 2.35. The van der Waals surface area contributed by atoms with Crippen LogP contribution in [0.4, 0.5) is 18.9 Å². The minimum atomic E-state index is -4.55. The van der Waals surface area contributed by atoms with Gasteiger partial charge in [-0.25, -0.2) is 9.50 Å². The lowest BCUT2D eigenvalue weighted by Gasteiger charge is -2.22. The molecule has 0 saturated carbocycles. The lowest BCUT2D eigenvalue weighted by Crippen LogP contribution is -2.31. The first-order valence-electron chi connectivity index (χ1n) is 12.9. The monoisotopic (exact) mass is 546 g/mol. The Morgan fingerprint density at radius 3 is 2.73 bits per heavy atom. The number of aromatic nitrogens is 3. The van der Waals surface area contributed by atoms with E-state index in [1.54, 1.807) is 41.2 Å². The molecule has 2 aromatic heterocycles. The predicted octanol–water partition coefficient (Wildman–Crippen LogP) is 4.84. The third kappa shape index (κ3) is 6.01. The second-order valence-electron chi connectivity index (χ2n) is 10.2. The molecule has 0 aliphatic carbocycles. The first kappa shape index (κ1) is 27.4. The zero-order valence-corrected chi connectivity index (χ0v) is 22.5. The fourth-order valence-corrected chi connectivity index (χ4v) is 4.82. The van der Waals surface area contributed by atoms with Gasteiger partial charge in [-0.1, -0.05) is 18.1 Å². The average Bonchev–Trinajstić information content (AvgIpc) is 3.56. The van der Waals surface area contributed by atoms with Gasteiger partial charge in [0.2, 0.25) is 0 Å². The summed E-state index contributed by atoms with van der Waals surface area (Å²) in [5.74, 6) is 5.57. The predicted molar refractivity (Wildman–Crippen MR) is 147 cm³/mol. The average molecular weight is 547 g/mol. The Kier molecular flexibility index (Phi) is 7.61. The van der Waals surface area contributed by atoms with Crippen LogP contribution >= 0.6 is 0 Å². The number of fused-ring (bicyclic) bond motifs is 1. The molecule has 5 rings (SSSR count). The molecular weight excluding hydrogens is 517 g/mol. The van der Waals surface area contributed by atoms with Crippen LogP contribution in [-0.4, -0.2) is 63.5 Å². The summed E-state index contributed by atoms with van der Waals surface area (Å²) in [4.78, 5) is 21.4. The maximum atomic E-state index is 14.0. The number of carbonyl (C=O) groups excluding carboxylic acids is 1. The van der Waals surface area contributed by atoms with Crippen LogP contribution in [0.3, 0.4) is 0 Å². The molecule has 7 nitrogen and oxygen atoms in total. The highest BCUT2D eigenvalue weighted by Gasteiger charge is 2.35. The standard InChI is InChI=1S/C30H29F3N6O/c1-20-6-7-22(15-21(20)9-11-25-17-34-28-5-4-13-35-39(25)28)29(40)36-24-10-8-23(27(16-24)30(31,32)33)18-38-14-12-26(19-38)37(2)3/h4-8,10,13,15-17,26H,12,14,18-19H2,1-3H3,(H,36,40). The number of alkyl halides is 3. The van der Waals surface area contributed by atoms with Crippen molar-refractivity contribution in [3.63, 3.8) is 0 Å². The van der Waals surface area contributed by atoms with Crippen molar-refractivity contribution < 1.29 is 18.0 Å². The number of likely N-dealkylation sites (tertiary alicyclic amines) is 1. The van der Waals surface area contributed by atoms with Gasteiger partial charge in [0.1, 0.15) is 5.69 Å². The maximum absolute atomic E-state index is 14.0. The molecule has 1 aliphatic heterocycles. The van der Waals surface area contributed by atoms with Gasteiger partial charge in [-0.05, 0) is 80.9 Å². The molecule has 1 atom stereocenters. The third-order valence-corrected chi connectivity index (χ3v) is 7.15. The first-order valence-corrected chi connectivity index (χ1v) is 12.9. The number of halogens is 3. The fourth-order valence-electron chi connectivity index (χ4n) is 4.82. The van der Waals surface area contributed by atoms with Gasteiger partial charge in [-0.15, -0.1) is 0 Å². The second-order valence-corrected chi connectivity index (χ2v) is 10.2. The second kappa shape index (κ2) is 11.1. The smallest absolute Gasteiger partial charge is 0.322 e. The molecule has 1 amide bonds. The highest BCUT2D eigenvalue weighted by molar-refractivity contribution is 6.04. The molecule has 0 radical (unpaired) electrons. The van der Waals surface area contributed by atoms with Gasteiger partial charge >= 0.3 is 6.18 Å². The van der Waals surface area contributed by atoms with Gasteiger partial charge in [-0.3, -0.25) is 9.69 Å². The van der Waals surface area contributed by atoms with Crippen LogP contribution < -0.4 is 5.32 Å². The summed E-state index contributed by atoms with van der Waals surface area (Å²) < 4.78 is 43.6. The van der Waals surface area contributed by atoms with Gasteiger partial charge in [0.05, 0.1) is 11.8 Å². The molecular formula is C30H29F3N6O. The summed E-state index contributed by atoms with van der Waals surface area (Å²) in [6.07, 6.45) is -0.371. The van der Waals surface area contributed by atoms with E-state index in [1.165, 1.54) is 12.1 Å². The van der Waals surface area contributed by atoms with Crippen LogP contribution in [0.15, 0.2) is 60.9 Å². The number of benzene rings is 2. The molecule has 1 N–H and O–H groups in total. The van der Waals surface area contributed by atoms with Crippen LogP contribution in [0.2, 0.25) is 0 Å². The van der Waals surface area contributed by atoms with Gasteiger partial charge in [0.25, 0.3) is 5.91 Å². The zero-order valence-electron chi connectivity index (χ0n) is 22.5. The molecule has 1 saturated heterocycles. The Labute approximate surface area is 230 Å². The number of hydrogen-bond donors (Lipinski definition) is 1. The number of likely N-dealkylation sites (N-methyl/N-ethyl adjacent to an activating group) is 1. The number of carbonyl (C=O) groups is 1. The van der Waals surface area contributed by atoms with Crippen molar-refractivity contribution in [3.8, 4) is 11.8 Å². The molecule has 1 fully saturated rings. The van der Waals surface area contributed by atoms with E-state index in [4.69, 9.17) is 0 Å². The lowest BCUT2D eigenvalue weighted by molar-refractivity contribution is -0.138. The van der Waals surface area contributed by atoms with Crippen molar-refractivity contribution in [1.82, 2.24) is 24.4 Å². The van der Waals surface area contributed by atoms with E-state index in [9.17, 15) is 18.0 Å². The van der Waals surface area contributed by atoms with E-state index in [2.05, 4.69) is 32.1 Å². The Balaban J connectivity index is 1.34. The van der Waals surface area contributed by atoms with Crippen LogP contribution in [0.5, 0.6) is 0 Å². The van der Waals surface area contributed by atoms with Crippen molar-refractivity contribution >= 4 is 17.2 Å². The molecule has 1 aliphatic rings. The number of nitrogens with zero attached hydrogens (tertiary/aromatic N) is 5. The van der Waals surface area contributed by atoms with Crippen LogP contribution in [0.25, 0.3) is 5.65 Å². The van der Waals surface area contributed by atoms with Gasteiger partial charge in [0.15, 0.2) is 5.65 Å². The van der Waals surface area contributed by atoms with E-state index in [0.29, 0.717) is 22.9 Å². The number of hydrogen-bond acceptors (Lipinski definition) is 5. The number of amides is 1. The topological polar surface area (TPSA) is 65.8 Å². The third-order valence-electron chi connectivity index (χ3n) is 7.15. The first-order chi connectivity index (χ1) is 19.1. The number of rotatable bonds is 5. The van der Waals surface area contributed by atoms with Crippen molar-refractivity contribution in [2.24, 2.45) is 0 Å². The molecule has 2 aromatic carbocycles. The molecule has 0 bridgehead atoms. The summed E-state index contributed by atoms with van der Waals surface area (Å²) in [6.45, 7) is 3.53. The Morgan fingerprint density at radius 2 is 1.98 bits per heavy atom. The van der Waals surface area contributed by atoms with Crippen molar-refractivity contribution in [3.05, 3.63) is 94.4 Å². The van der Waals surface area contributed by atoms with Crippen LogP contribution in [0.1, 0.15) is 44.7 Å². The number of aryl methyl sites for hydroxylation is 1. The van der Waals surface area contributed by atoms with Crippen molar-refractivity contribution in [1.29, 1.82) is 0 Å². The van der Waals surface area contributed by atoms with Crippen molar-refractivity contribution in [2.45, 2.75) is 32.1 Å². The number of nitrogens with one attached hydrogen (secondary N) is 1. The Morgan fingerprint density at radius 1 is 1.15 bits per heavy atom. The lowest BCUT2D eigenvalue weighted by atomic mass is 10.0. The van der Waals surface area contributed by atoms with E-state index in [1.807, 2.05) is 32.0 Å². The molecule has 40 heavy (non-hydrogen) atoms. The molecule has 1 unspecified atom stereocenters. The molecule has 10 heteroatoms. The highest BCUT2D eigenvalue weighted by atomic mass is 19.4. The largest absolute Gasteiger partial charge is 0.416 e. The molecule has 0 spiro atoms. The molecule has 206 valence electrons. The van der Waals surface area contributed by atoms with Crippen LogP contribution in [0, 0.1) is 18.8 Å². The van der Waals surface area contributed by atoms with Crippen LogP contribution in [-0.2, 0) is 12.7 Å². The summed E-state index contributed by atoms with van der Waals surface area (Å²) >= 11 is 0. The summed E-state index contributed by atoms with van der Waals surface area (Å²) in [5.41, 5.74) is 2.55. The summed E-state index contributed by atoms with van der Waals surface area (Å²) in [6, 6.07) is 12.9.